The molecule has 15 aromatic rings. The van der Waals surface area contributed by atoms with E-state index in [9.17, 15) is 16.4 Å². The summed E-state index contributed by atoms with van der Waals surface area (Å²) >= 11 is 0. The molecule has 2 aliphatic heterocycles. The van der Waals surface area contributed by atoms with Crippen molar-refractivity contribution in [1.82, 2.24) is 9.13 Å². The lowest BCUT2D eigenvalue weighted by atomic mass is 9.33. The van der Waals surface area contributed by atoms with Gasteiger partial charge in [-0.25, -0.2) is 0 Å². The van der Waals surface area contributed by atoms with Crippen molar-refractivity contribution >= 4 is 101 Å². The molecular formula is C103H101BN4. The molecule has 536 valence electrons. The second-order valence-electron chi connectivity index (χ2n) is 35.7. The Morgan fingerprint density at radius 2 is 0.620 bits per heavy atom. The van der Waals surface area contributed by atoms with Crippen molar-refractivity contribution in [3.63, 3.8) is 0 Å². The third-order valence-corrected chi connectivity index (χ3v) is 20.8. The molecular weight excluding hydrogens is 1300 g/mol. The first-order chi connectivity index (χ1) is 56.5. The number of fused-ring (bicyclic) bond motifs is 10. The molecule has 108 heavy (non-hydrogen) atoms. The largest absolute Gasteiger partial charge is 0.310 e. The predicted molar refractivity (Wildman–Crippen MR) is 467 cm³/mol. The number of aromatic nitrogens is 2. The van der Waals surface area contributed by atoms with E-state index in [0.29, 0.717) is 50.7 Å². The normalized spacial score (nSPS) is 15.1. The van der Waals surface area contributed by atoms with E-state index in [1.165, 1.54) is 0 Å². The van der Waals surface area contributed by atoms with E-state index in [1.54, 1.807) is 24.3 Å². The smallest absolute Gasteiger partial charge is 0.252 e. The molecule has 0 atom stereocenters. The lowest BCUT2D eigenvalue weighted by Gasteiger charge is -2.46. The Morgan fingerprint density at radius 3 is 0.944 bits per heavy atom. The zero-order chi connectivity index (χ0) is 85.5. The average Bonchev–Trinajstić information content (AvgIpc) is 0.800. The fourth-order valence-corrected chi connectivity index (χ4v) is 17.1. The molecule has 4 nitrogen and oxygen atoms in total. The minimum absolute atomic E-state index is 0.130. The molecule has 13 aromatic carbocycles. The maximum atomic E-state index is 10.1. The summed E-state index contributed by atoms with van der Waals surface area (Å²) in [5, 5.41) is 1.54. The third kappa shape index (κ3) is 13.3. The average molecular weight is 1420 g/mol. The van der Waals surface area contributed by atoms with Crippen molar-refractivity contribution in [2.24, 2.45) is 27.1 Å². The molecule has 0 spiro atoms. The van der Waals surface area contributed by atoms with Crippen LogP contribution in [0.2, 0.25) is 0 Å². The van der Waals surface area contributed by atoms with Gasteiger partial charge in [0.15, 0.2) is 0 Å². The van der Waals surface area contributed by atoms with Crippen LogP contribution in [0.5, 0.6) is 0 Å². The van der Waals surface area contributed by atoms with E-state index in [1.807, 2.05) is 62.8 Å². The van der Waals surface area contributed by atoms with Crippen LogP contribution >= 0.6 is 0 Å². The SMILES string of the molecule is [2H]c1c([2H])c([2H])c2c(c1[2H])c1cc(C([2H])([2H])C(C)(C)C)ccc1n2-c1ccc2c(c1)N(c1c(-c3ccccc3)cc(CC(C)(C)C)cc1-c1ccccc1)c1cc(CC(C)(C)C)cc3c1B2c1ccc(-n2c4ccc(C([2H])([2H])C(C)(C)C)cc4c4c([2H])c([2H])c([2H])c([2H])c42)cc1N3c1c(-c2ccccc2)cc(CC(C)(C)C)cc1-c1ccccc1. The number of para-hydroxylation sites is 2. The number of hydrogen-bond donors (Lipinski definition) is 0. The Labute approximate surface area is 658 Å². The van der Waals surface area contributed by atoms with Gasteiger partial charge < -0.3 is 18.9 Å². The maximum absolute atomic E-state index is 10.1. The standard InChI is InChI=1S/C103H101BN4/c1-99(2,3)62-67-44-50-90-84(52-67)78-40-28-30-42-88(78)105(90)76-46-48-86-92(60-76)107(97-80(72-32-20-16-21-33-72)54-69(64-101(7,8)9)55-81(97)73-34-22-17-23-35-73)94-58-71(66-103(13,14)15)59-95-96(94)104(86)87-49-47-77(106-89-43-31-29-41-79(89)85-53-68(45-51-91(85)106)63-100(4,5)6)61-93(87)108(95)98-82(74-36-24-18-25-37-74)56-70(65-102(10,11)12)57-83(98)75-38-26-19-27-39-75/h16-61H,62-66H2,1-15H3/i28D,29D,30D,31D,40D,41D,42D,43D,62D2,63D2. The van der Waals surface area contributed by atoms with Gasteiger partial charge in [0.1, 0.15) is 0 Å². The number of rotatable bonds is 13. The number of anilines is 6. The van der Waals surface area contributed by atoms with Gasteiger partial charge in [0.2, 0.25) is 0 Å². The molecule has 0 aliphatic carbocycles. The monoisotopic (exact) mass is 1420 g/mol. The third-order valence-electron chi connectivity index (χ3n) is 20.8. The highest BCUT2D eigenvalue weighted by atomic mass is 15.2. The molecule has 4 heterocycles. The van der Waals surface area contributed by atoms with E-state index in [-0.39, 0.29) is 74.3 Å². The summed E-state index contributed by atoms with van der Waals surface area (Å²) in [6, 6.07) is 78.5. The van der Waals surface area contributed by atoms with E-state index >= 15 is 0 Å². The van der Waals surface area contributed by atoms with Crippen LogP contribution in [-0.2, 0) is 32.0 Å². The van der Waals surface area contributed by atoms with E-state index in [0.717, 1.165) is 125 Å². The molecule has 5 heteroatoms. The van der Waals surface area contributed by atoms with Gasteiger partial charge in [-0.2, -0.15) is 0 Å². The lowest BCUT2D eigenvalue weighted by molar-refractivity contribution is 0.411. The molecule has 0 saturated heterocycles. The second-order valence-corrected chi connectivity index (χ2v) is 35.7. The summed E-state index contributed by atoms with van der Waals surface area (Å²) in [6.45, 7) is 31.1. The minimum atomic E-state index is -1.86. The van der Waals surface area contributed by atoms with Crippen molar-refractivity contribution < 1.29 is 16.4 Å². The predicted octanol–water partition coefficient (Wildman–Crippen LogP) is 26.6. The van der Waals surface area contributed by atoms with Gasteiger partial charge in [-0.1, -0.05) is 286 Å². The van der Waals surface area contributed by atoms with E-state index < -0.39 is 42.4 Å². The van der Waals surface area contributed by atoms with Crippen molar-refractivity contribution in [3.05, 3.63) is 307 Å². The van der Waals surface area contributed by atoms with Gasteiger partial charge in [-0.3, -0.25) is 0 Å². The Balaban J connectivity index is 1.08. The molecule has 2 aliphatic rings. The van der Waals surface area contributed by atoms with E-state index in [4.69, 9.17) is 0 Å². The summed E-state index contributed by atoms with van der Waals surface area (Å²) in [6.07, 6.45) is -1.58. The van der Waals surface area contributed by atoms with Crippen LogP contribution in [0.4, 0.5) is 34.1 Å². The molecule has 0 amide bonds. The van der Waals surface area contributed by atoms with Crippen LogP contribution in [0, 0.1) is 27.1 Å². The van der Waals surface area contributed by atoms with Crippen LogP contribution < -0.4 is 26.2 Å². The zero-order valence-electron chi connectivity index (χ0n) is 76.9. The summed E-state index contributed by atoms with van der Waals surface area (Å²) in [5.41, 5.74) is 20.8. The first-order valence-electron chi connectivity index (χ1n) is 44.2. The van der Waals surface area contributed by atoms with Gasteiger partial charge in [0.05, 0.1) is 44.4 Å². The molecule has 0 radical (unpaired) electrons. The quantitative estimate of drug-likeness (QED) is 0.107. The minimum Gasteiger partial charge on any atom is -0.310 e. The summed E-state index contributed by atoms with van der Waals surface area (Å²) < 4.78 is 120. The first-order valence-corrected chi connectivity index (χ1v) is 38.2. The van der Waals surface area contributed by atoms with Crippen LogP contribution in [0.1, 0.15) is 148 Å². The maximum Gasteiger partial charge on any atom is 0.252 e. The summed E-state index contributed by atoms with van der Waals surface area (Å²) in [5.74, 6) is 0. The van der Waals surface area contributed by atoms with Gasteiger partial charge in [-0.05, 0) is 223 Å². The molecule has 0 bridgehead atoms. The van der Waals surface area contributed by atoms with Gasteiger partial charge in [0.25, 0.3) is 6.71 Å². The van der Waals surface area contributed by atoms with Gasteiger partial charge >= 0.3 is 0 Å². The number of nitrogens with zero attached hydrogens (tertiary/aromatic N) is 4. The van der Waals surface area contributed by atoms with Gasteiger partial charge in [0, 0.05) is 83.4 Å². The van der Waals surface area contributed by atoms with Crippen LogP contribution in [0.25, 0.3) is 99.5 Å². The Kier molecular flexibility index (Phi) is 14.1. The second kappa shape index (κ2) is 26.5. The number of hydrogen-bond acceptors (Lipinski definition) is 2. The molecule has 0 N–H and O–H groups in total. The Bertz CT molecular complexity index is 6180. The van der Waals surface area contributed by atoms with Crippen molar-refractivity contribution in [3.8, 4) is 55.9 Å². The number of benzene rings is 13. The fourth-order valence-electron chi connectivity index (χ4n) is 17.1. The topological polar surface area (TPSA) is 16.3 Å². The molecule has 0 saturated carbocycles. The Hall–Kier alpha value is -10.9. The van der Waals surface area contributed by atoms with Crippen molar-refractivity contribution in [2.45, 2.75) is 136 Å². The van der Waals surface area contributed by atoms with Crippen LogP contribution in [0.15, 0.2) is 279 Å². The highest BCUT2D eigenvalue weighted by Gasteiger charge is 2.46. The summed E-state index contributed by atoms with van der Waals surface area (Å²) in [4.78, 5) is 5.01. The lowest BCUT2D eigenvalue weighted by Crippen LogP contribution is -2.61. The molecule has 0 fully saturated rings. The van der Waals surface area contributed by atoms with Crippen LogP contribution in [0.3, 0.4) is 0 Å². The molecule has 17 rings (SSSR count). The van der Waals surface area contributed by atoms with Gasteiger partial charge in [-0.15, -0.1) is 0 Å². The zero-order valence-corrected chi connectivity index (χ0v) is 64.9. The van der Waals surface area contributed by atoms with E-state index in [2.05, 4.69) is 266 Å². The van der Waals surface area contributed by atoms with Crippen molar-refractivity contribution in [1.29, 1.82) is 0 Å². The van der Waals surface area contributed by atoms with Crippen molar-refractivity contribution in [2.75, 3.05) is 9.80 Å². The van der Waals surface area contributed by atoms with Crippen LogP contribution in [-0.4, -0.2) is 15.8 Å². The highest BCUT2D eigenvalue weighted by Crippen LogP contribution is 2.55. The molecule has 2 aromatic heterocycles. The summed E-state index contributed by atoms with van der Waals surface area (Å²) in [7, 11) is 0. The Morgan fingerprint density at radius 1 is 0.296 bits per heavy atom. The first kappa shape index (κ1) is 57.3. The fraction of sp³-hybridized carbons (Fsp3) is 0.243. The molecule has 0 unspecified atom stereocenters. The highest BCUT2D eigenvalue weighted by molar-refractivity contribution is 7.00.